The number of ether oxygens (including phenoxy) is 2. The Hall–Kier alpha value is -3.36. The lowest BCUT2D eigenvalue weighted by molar-refractivity contribution is -0.201. The molecule has 0 saturated heterocycles. The summed E-state index contributed by atoms with van der Waals surface area (Å²) in [5.41, 5.74) is 5.60. The molecule has 0 aliphatic carbocycles. The maximum Gasteiger partial charge on any atom is 0.471 e. The number of hydrogen-bond donors (Lipinski definition) is 2. The highest BCUT2D eigenvalue weighted by Crippen LogP contribution is 2.27. The average Bonchev–Trinajstić information content (AvgIpc) is 2.87. The van der Waals surface area contributed by atoms with E-state index in [0.717, 1.165) is 18.9 Å². The van der Waals surface area contributed by atoms with Crippen LogP contribution >= 0.6 is 0 Å². The highest BCUT2D eigenvalue weighted by atomic mass is 19.4. The van der Waals surface area contributed by atoms with Gasteiger partial charge in [0.2, 0.25) is 0 Å². The number of nitrogens with two attached hydrogens (primary N) is 1. The fourth-order valence-corrected chi connectivity index (χ4v) is 3.99. The number of carboxylic acids is 1. The van der Waals surface area contributed by atoms with E-state index < -0.39 is 42.7 Å². The lowest BCUT2D eigenvalue weighted by atomic mass is 10.1. The first-order chi connectivity index (χ1) is 18.8. The third-order valence-electron chi connectivity index (χ3n) is 5.95. The minimum Gasteiger partial charge on any atom is -0.481 e. The molecule has 2 atom stereocenters. The number of carbonyl (C=O) groups is 3. The highest BCUT2D eigenvalue weighted by Gasteiger charge is 2.43. The van der Waals surface area contributed by atoms with Crippen LogP contribution in [0.2, 0.25) is 0 Å². The molecule has 0 spiro atoms. The Morgan fingerprint density at radius 1 is 1.18 bits per heavy atom. The van der Waals surface area contributed by atoms with Gasteiger partial charge in [0.05, 0.1) is 31.2 Å². The number of alkyl halides is 3. The number of carbonyl (C=O) groups excluding carboxylic acids is 2. The SMILES string of the molecule is CCCCCOC(OC)[C@H](CCC(=O)O)N(F)Cc1ccc(N(CC2=CC(=O)CC(N)=N2)C(=O)C(F)(F)F)cc1. The zero-order chi connectivity index (χ0) is 29.9. The van der Waals surface area contributed by atoms with E-state index in [4.69, 9.17) is 20.3 Å². The summed E-state index contributed by atoms with van der Waals surface area (Å²) in [5.74, 6) is -3.85. The van der Waals surface area contributed by atoms with Crippen molar-refractivity contribution in [3.63, 3.8) is 0 Å². The molecule has 222 valence electrons. The fraction of sp³-hybridized carbons (Fsp3) is 0.538. The average molecular weight is 575 g/mol. The third kappa shape index (κ3) is 10.3. The van der Waals surface area contributed by atoms with Crippen molar-refractivity contribution in [3.05, 3.63) is 41.6 Å². The number of rotatable bonds is 16. The number of amides is 1. The van der Waals surface area contributed by atoms with Gasteiger partial charge in [-0.05, 0) is 30.5 Å². The highest BCUT2D eigenvalue weighted by molar-refractivity contribution is 6.08. The van der Waals surface area contributed by atoms with E-state index in [-0.39, 0.29) is 43.0 Å². The lowest BCUT2D eigenvalue weighted by Gasteiger charge is -2.30. The number of nitrogens with zero attached hydrogens (tertiary/aromatic N) is 3. The second-order valence-electron chi connectivity index (χ2n) is 9.18. The molecule has 40 heavy (non-hydrogen) atoms. The summed E-state index contributed by atoms with van der Waals surface area (Å²) in [6.07, 6.45) is -3.34. The number of aliphatic imine (C=N–C) groups is 1. The Morgan fingerprint density at radius 3 is 2.40 bits per heavy atom. The van der Waals surface area contributed by atoms with Crippen molar-refractivity contribution in [2.75, 3.05) is 25.2 Å². The Bertz CT molecular complexity index is 1080. The zero-order valence-corrected chi connectivity index (χ0v) is 22.3. The summed E-state index contributed by atoms with van der Waals surface area (Å²) in [6.45, 7) is 1.27. The van der Waals surface area contributed by atoms with E-state index in [2.05, 4.69) is 4.99 Å². The summed E-state index contributed by atoms with van der Waals surface area (Å²) in [7, 11) is 1.32. The molecule has 0 aromatic heterocycles. The van der Waals surface area contributed by atoms with Gasteiger partial charge in [-0.2, -0.15) is 13.2 Å². The van der Waals surface area contributed by atoms with Crippen molar-refractivity contribution >= 4 is 29.2 Å². The first-order valence-corrected chi connectivity index (χ1v) is 12.7. The van der Waals surface area contributed by atoms with Gasteiger partial charge in [-0.3, -0.25) is 19.3 Å². The Kier molecular flexibility index (Phi) is 12.7. The smallest absolute Gasteiger partial charge is 0.471 e. The summed E-state index contributed by atoms with van der Waals surface area (Å²) in [6, 6.07) is 3.98. The summed E-state index contributed by atoms with van der Waals surface area (Å²) < 4.78 is 66.3. The molecule has 10 nitrogen and oxygen atoms in total. The standard InChI is InChI=1S/C26H34F4N4O6/c1-3-4-5-12-40-24(39-2)21(10-11-23(36)37)34(30)15-17-6-8-19(9-7-17)33(25(38)26(27,28)29)16-18-13-20(35)14-22(31)32-18/h6-9,13,21,24H,3-5,10-12,14-16H2,1-2H3,(H2,31,32)(H,36,37)/t21-,24?/m0/s1. The van der Waals surface area contributed by atoms with Gasteiger partial charge in [-0.25, -0.2) is 4.99 Å². The molecule has 0 fully saturated rings. The molecular formula is C26H34F4N4O6. The number of hydrogen-bond acceptors (Lipinski definition) is 8. The van der Waals surface area contributed by atoms with E-state index in [1.807, 2.05) is 6.92 Å². The first kappa shape index (κ1) is 32.8. The predicted molar refractivity (Wildman–Crippen MR) is 138 cm³/mol. The van der Waals surface area contributed by atoms with E-state index in [1.165, 1.54) is 31.4 Å². The number of amidine groups is 1. The molecule has 3 N–H and O–H groups in total. The Labute approximate surface area is 229 Å². The Balaban J connectivity index is 2.23. The van der Waals surface area contributed by atoms with Gasteiger partial charge in [0, 0.05) is 31.9 Å². The number of anilines is 1. The van der Waals surface area contributed by atoms with Gasteiger partial charge < -0.3 is 20.3 Å². The molecule has 2 rings (SSSR count). The van der Waals surface area contributed by atoms with Crippen molar-refractivity contribution in [2.24, 2.45) is 10.7 Å². The molecule has 1 aromatic rings. The van der Waals surface area contributed by atoms with Crippen LogP contribution in [-0.2, 0) is 30.4 Å². The predicted octanol–water partition coefficient (Wildman–Crippen LogP) is 3.90. The molecular weight excluding hydrogens is 540 g/mol. The molecule has 0 bridgehead atoms. The van der Waals surface area contributed by atoms with Gasteiger partial charge >= 0.3 is 18.1 Å². The number of ketones is 1. The van der Waals surface area contributed by atoms with Crippen LogP contribution in [0.5, 0.6) is 0 Å². The number of allylic oxidation sites excluding steroid dienone is 1. The number of carboxylic acid groups (broad SMARTS) is 1. The summed E-state index contributed by atoms with van der Waals surface area (Å²) in [4.78, 5) is 39.3. The second-order valence-corrected chi connectivity index (χ2v) is 9.18. The summed E-state index contributed by atoms with van der Waals surface area (Å²) in [5, 5.41) is 9.45. The molecule has 1 heterocycles. The maximum absolute atomic E-state index is 15.3. The van der Waals surface area contributed by atoms with Crippen LogP contribution in [-0.4, -0.2) is 72.5 Å². The Morgan fingerprint density at radius 2 is 1.85 bits per heavy atom. The van der Waals surface area contributed by atoms with Gasteiger partial charge in [0.25, 0.3) is 0 Å². The van der Waals surface area contributed by atoms with Crippen molar-refractivity contribution in [1.82, 2.24) is 5.12 Å². The minimum absolute atomic E-state index is 0.0820. The molecule has 0 saturated carbocycles. The summed E-state index contributed by atoms with van der Waals surface area (Å²) >= 11 is 0. The quantitative estimate of drug-likeness (QED) is 0.131. The lowest BCUT2D eigenvalue weighted by Crippen LogP contribution is -2.43. The van der Waals surface area contributed by atoms with Crippen LogP contribution in [0.3, 0.4) is 0 Å². The van der Waals surface area contributed by atoms with Crippen molar-refractivity contribution < 1.29 is 46.6 Å². The molecule has 1 aliphatic rings. The molecule has 1 aliphatic heterocycles. The van der Waals surface area contributed by atoms with Crippen molar-refractivity contribution in [1.29, 1.82) is 0 Å². The van der Waals surface area contributed by atoms with Crippen molar-refractivity contribution in [3.8, 4) is 0 Å². The van der Waals surface area contributed by atoms with E-state index >= 15 is 4.48 Å². The topological polar surface area (TPSA) is 135 Å². The van der Waals surface area contributed by atoms with Gasteiger partial charge in [-0.15, -0.1) is 9.60 Å². The third-order valence-corrected chi connectivity index (χ3v) is 5.95. The fourth-order valence-electron chi connectivity index (χ4n) is 3.99. The largest absolute Gasteiger partial charge is 0.481 e. The molecule has 1 unspecified atom stereocenters. The molecule has 1 amide bonds. The monoisotopic (exact) mass is 574 g/mol. The van der Waals surface area contributed by atoms with E-state index in [9.17, 15) is 27.6 Å². The maximum atomic E-state index is 15.3. The van der Waals surface area contributed by atoms with Crippen LogP contribution in [0.1, 0.15) is 51.0 Å². The number of methoxy groups -OCH3 is 1. The van der Waals surface area contributed by atoms with Crippen LogP contribution < -0.4 is 10.6 Å². The van der Waals surface area contributed by atoms with Crippen molar-refractivity contribution in [2.45, 2.75) is 70.5 Å². The van der Waals surface area contributed by atoms with E-state index in [1.54, 1.807) is 0 Å². The van der Waals surface area contributed by atoms with Crippen LogP contribution in [0.4, 0.5) is 23.3 Å². The number of aliphatic carboxylic acids is 1. The zero-order valence-electron chi connectivity index (χ0n) is 22.3. The van der Waals surface area contributed by atoms with Gasteiger partial charge in [0.1, 0.15) is 5.84 Å². The van der Waals surface area contributed by atoms with Gasteiger partial charge in [0.15, 0.2) is 12.1 Å². The molecule has 0 radical (unpaired) electrons. The normalized spacial score (nSPS) is 15.4. The van der Waals surface area contributed by atoms with Crippen LogP contribution in [0, 0.1) is 0 Å². The number of halogens is 4. The van der Waals surface area contributed by atoms with Crippen LogP contribution in [0.15, 0.2) is 41.0 Å². The van der Waals surface area contributed by atoms with Gasteiger partial charge in [-0.1, -0.05) is 31.9 Å². The minimum atomic E-state index is -5.22. The first-order valence-electron chi connectivity index (χ1n) is 12.7. The van der Waals surface area contributed by atoms with E-state index in [0.29, 0.717) is 28.6 Å². The number of unbranched alkanes of at least 4 members (excludes halogenated alkanes) is 2. The molecule has 14 heteroatoms. The number of benzene rings is 1. The van der Waals surface area contributed by atoms with Crippen LogP contribution in [0.25, 0.3) is 0 Å². The second kappa shape index (κ2) is 15.4. The molecule has 1 aromatic carbocycles.